The van der Waals surface area contributed by atoms with Gasteiger partial charge in [-0.2, -0.15) is 0 Å². The molecule has 0 saturated carbocycles. The molecule has 2 rings (SSSR count). The maximum atomic E-state index is 12.3. The van der Waals surface area contributed by atoms with Crippen LogP contribution in [0.1, 0.15) is 12.5 Å². The fraction of sp³-hybridized carbons (Fsp3) is 0.267. The molecule has 116 valence electrons. The summed E-state index contributed by atoms with van der Waals surface area (Å²) in [4.78, 5) is 27.2. The van der Waals surface area contributed by atoms with Crippen molar-refractivity contribution in [3.8, 4) is 5.75 Å². The first-order valence-electron chi connectivity index (χ1n) is 6.61. The number of ether oxygens (including phenoxy) is 1. The quantitative estimate of drug-likeness (QED) is 0.457. The highest BCUT2D eigenvalue weighted by molar-refractivity contribution is 9.10. The van der Waals surface area contributed by atoms with Crippen LogP contribution in [0.25, 0.3) is 6.08 Å². The zero-order valence-electron chi connectivity index (χ0n) is 12.4. The minimum Gasteiger partial charge on any atom is -0.493 e. The van der Waals surface area contributed by atoms with Crippen molar-refractivity contribution in [1.29, 1.82) is 0 Å². The molecule has 7 heteroatoms. The lowest BCUT2D eigenvalue weighted by molar-refractivity contribution is -0.132. The Kier molecular flexibility index (Phi) is 4.97. The average molecular weight is 383 g/mol. The van der Waals surface area contributed by atoms with Crippen molar-refractivity contribution in [2.75, 3.05) is 20.7 Å². The largest absolute Gasteiger partial charge is 0.493 e. The van der Waals surface area contributed by atoms with E-state index in [1.54, 1.807) is 26.2 Å². The Labute approximate surface area is 142 Å². The fourth-order valence-electron chi connectivity index (χ4n) is 2.05. The van der Waals surface area contributed by atoms with Gasteiger partial charge in [0.05, 0.1) is 6.61 Å². The second kappa shape index (κ2) is 6.58. The summed E-state index contributed by atoms with van der Waals surface area (Å²) < 4.78 is 6.37. The molecule has 1 saturated heterocycles. The summed E-state index contributed by atoms with van der Waals surface area (Å²) in [5, 5.41) is 0.187. The van der Waals surface area contributed by atoms with Crippen LogP contribution < -0.4 is 4.74 Å². The van der Waals surface area contributed by atoms with Gasteiger partial charge in [-0.15, -0.1) is 0 Å². The molecule has 1 aromatic carbocycles. The van der Waals surface area contributed by atoms with Crippen LogP contribution in [0.5, 0.6) is 5.75 Å². The van der Waals surface area contributed by atoms with Crippen LogP contribution >= 0.6 is 28.1 Å². The fourth-order valence-corrected chi connectivity index (χ4v) is 2.59. The van der Waals surface area contributed by atoms with E-state index in [-0.39, 0.29) is 10.7 Å². The Bertz CT molecular complexity index is 661. The molecular formula is C15H15BrN2O3S. The predicted molar refractivity (Wildman–Crippen MR) is 91.4 cm³/mol. The lowest BCUT2D eigenvalue weighted by Gasteiger charge is -2.31. The van der Waals surface area contributed by atoms with E-state index in [4.69, 9.17) is 17.0 Å². The van der Waals surface area contributed by atoms with Crippen molar-refractivity contribution in [1.82, 2.24) is 9.80 Å². The molecule has 1 heterocycles. The molecule has 0 spiro atoms. The summed E-state index contributed by atoms with van der Waals surface area (Å²) in [6.45, 7) is 2.36. The molecule has 0 aromatic heterocycles. The first kappa shape index (κ1) is 16.6. The van der Waals surface area contributed by atoms with Gasteiger partial charge in [0, 0.05) is 24.1 Å². The van der Waals surface area contributed by atoms with E-state index in [0.717, 1.165) is 4.47 Å². The number of carbonyl (C=O) groups is 2. The van der Waals surface area contributed by atoms with Crippen LogP contribution in [0.15, 0.2) is 28.2 Å². The van der Waals surface area contributed by atoms with Crippen LogP contribution in [-0.2, 0) is 9.59 Å². The molecular weight excluding hydrogens is 368 g/mol. The van der Waals surface area contributed by atoms with Crippen LogP contribution in [0, 0.1) is 0 Å². The van der Waals surface area contributed by atoms with E-state index < -0.39 is 11.8 Å². The lowest BCUT2D eigenvalue weighted by atomic mass is 10.1. The number of carbonyl (C=O) groups excluding carboxylic acids is 2. The normalized spacial score (nSPS) is 15.5. The highest BCUT2D eigenvalue weighted by Crippen LogP contribution is 2.27. The summed E-state index contributed by atoms with van der Waals surface area (Å²) >= 11 is 8.44. The van der Waals surface area contributed by atoms with Gasteiger partial charge in [-0.1, -0.05) is 15.9 Å². The van der Waals surface area contributed by atoms with Gasteiger partial charge in [-0.3, -0.25) is 19.4 Å². The number of thiocarbonyl (C=S) groups is 1. The number of likely N-dealkylation sites (N-methyl/N-ethyl adjacent to an activating group) is 2. The second-order valence-electron chi connectivity index (χ2n) is 4.68. The molecule has 0 atom stereocenters. The topological polar surface area (TPSA) is 49.9 Å². The van der Waals surface area contributed by atoms with Gasteiger partial charge in [0.1, 0.15) is 11.3 Å². The number of hydrogen-bond acceptors (Lipinski definition) is 4. The minimum absolute atomic E-state index is 0.0534. The number of halogens is 1. The van der Waals surface area contributed by atoms with Gasteiger partial charge in [-0.05, 0) is 43.4 Å². The van der Waals surface area contributed by atoms with Gasteiger partial charge in [-0.25, -0.2) is 0 Å². The third-order valence-electron chi connectivity index (χ3n) is 3.22. The van der Waals surface area contributed by atoms with E-state index in [9.17, 15) is 9.59 Å². The third-order valence-corrected chi connectivity index (χ3v) is 4.26. The smallest absolute Gasteiger partial charge is 0.265 e. The highest BCUT2D eigenvalue weighted by atomic mass is 79.9. The van der Waals surface area contributed by atoms with Crippen LogP contribution in [0.2, 0.25) is 0 Å². The maximum absolute atomic E-state index is 12.3. The van der Waals surface area contributed by atoms with E-state index in [1.165, 1.54) is 15.9 Å². The minimum atomic E-state index is -0.421. The summed E-state index contributed by atoms with van der Waals surface area (Å²) in [5.41, 5.74) is 0.709. The van der Waals surface area contributed by atoms with E-state index >= 15 is 0 Å². The van der Waals surface area contributed by atoms with Crippen LogP contribution in [0.4, 0.5) is 0 Å². The van der Waals surface area contributed by atoms with Crippen LogP contribution in [0.3, 0.4) is 0 Å². The van der Waals surface area contributed by atoms with Crippen molar-refractivity contribution in [2.45, 2.75) is 6.92 Å². The molecule has 0 radical (unpaired) electrons. The van der Waals surface area contributed by atoms with Crippen molar-refractivity contribution < 1.29 is 14.3 Å². The van der Waals surface area contributed by atoms with Gasteiger partial charge in [0.15, 0.2) is 5.11 Å². The molecule has 0 aliphatic carbocycles. The molecule has 0 N–H and O–H groups in total. The van der Waals surface area contributed by atoms with E-state index in [1.807, 2.05) is 13.0 Å². The van der Waals surface area contributed by atoms with Crippen molar-refractivity contribution in [2.24, 2.45) is 0 Å². The Morgan fingerprint density at radius 1 is 1.23 bits per heavy atom. The van der Waals surface area contributed by atoms with Gasteiger partial charge < -0.3 is 4.74 Å². The first-order chi connectivity index (χ1) is 10.4. The average Bonchev–Trinajstić information content (AvgIpc) is 2.50. The number of hydrogen-bond donors (Lipinski definition) is 0. The van der Waals surface area contributed by atoms with E-state index in [2.05, 4.69) is 15.9 Å². The number of nitrogens with zero attached hydrogens (tertiary/aromatic N) is 2. The number of rotatable bonds is 3. The van der Waals surface area contributed by atoms with Gasteiger partial charge in [0.2, 0.25) is 0 Å². The monoisotopic (exact) mass is 382 g/mol. The highest BCUT2D eigenvalue weighted by Gasteiger charge is 2.35. The van der Waals surface area contributed by atoms with Crippen LogP contribution in [-0.4, -0.2) is 47.4 Å². The molecule has 22 heavy (non-hydrogen) atoms. The molecule has 1 fully saturated rings. The second-order valence-corrected chi connectivity index (χ2v) is 5.96. The molecule has 1 aliphatic rings. The molecule has 0 bridgehead atoms. The maximum Gasteiger partial charge on any atom is 0.265 e. The van der Waals surface area contributed by atoms with E-state index in [0.29, 0.717) is 17.9 Å². The third kappa shape index (κ3) is 3.05. The zero-order valence-corrected chi connectivity index (χ0v) is 14.8. The Morgan fingerprint density at radius 3 is 2.36 bits per heavy atom. The standard InChI is InChI=1S/C15H15BrN2O3S/c1-4-21-12-6-5-10(16)7-9(12)8-11-13(19)17(2)15(22)18(3)14(11)20/h5-8H,4H2,1-3H3. The molecule has 1 aromatic rings. The van der Waals surface area contributed by atoms with Crippen molar-refractivity contribution in [3.05, 3.63) is 33.8 Å². The SMILES string of the molecule is CCOc1ccc(Br)cc1C=C1C(=O)N(C)C(=S)N(C)C1=O. The first-order valence-corrected chi connectivity index (χ1v) is 7.81. The summed E-state index contributed by atoms with van der Waals surface area (Å²) in [5.74, 6) is -0.233. The lowest BCUT2D eigenvalue weighted by Crippen LogP contribution is -2.52. The zero-order chi connectivity index (χ0) is 16.4. The van der Waals surface area contributed by atoms with Crippen molar-refractivity contribution in [3.63, 3.8) is 0 Å². The molecule has 2 amide bonds. The number of benzene rings is 1. The van der Waals surface area contributed by atoms with Crippen molar-refractivity contribution >= 4 is 51.2 Å². The van der Waals surface area contributed by atoms with Gasteiger partial charge >= 0.3 is 0 Å². The summed E-state index contributed by atoms with van der Waals surface area (Å²) in [6, 6.07) is 5.42. The molecule has 5 nitrogen and oxygen atoms in total. The Morgan fingerprint density at radius 2 is 1.82 bits per heavy atom. The summed E-state index contributed by atoms with van der Waals surface area (Å²) in [6.07, 6.45) is 1.54. The Hall–Kier alpha value is -1.73. The predicted octanol–water partition coefficient (Wildman–Crippen LogP) is 2.45. The van der Waals surface area contributed by atoms with Gasteiger partial charge in [0.25, 0.3) is 11.8 Å². The Balaban J connectivity index is 2.52. The number of amides is 2. The molecule has 1 aliphatic heterocycles. The molecule has 0 unspecified atom stereocenters. The summed E-state index contributed by atoms with van der Waals surface area (Å²) in [7, 11) is 3.09.